The van der Waals surface area contributed by atoms with Crippen LogP contribution in [0.25, 0.3) is 0 Å². The first-order chi connectivity index (χ1) is 8.54. The largest absolute Gasteiger partial charge is 0.466 e. The quantitative estimate of drug-likeness (QED) is 0.707. The number of carbonyl (C=O) groups is 1. The van der Waals surface area contributed by atoms with E-state index in [0.29, 0.717) is 19.1 Å². The maximum Gasteiger partial charge on any atom is 0.307 e. The van der Waals surface area contributed by atoms with Crippen molar-refractivity contribution in [1.82, 2.24) is 4.90 Å². The lowest BCUT2D eigenvalue weighted by Crippen LogP contribution is -2.36. The number of ether oxygens (including phenoxy) is 1. The summed E-state index contributed by atoms with van der Waals surface area (Å²) in [5, 5.41) is 0. The van der Waals surface area contributed by atoms with Gasteiger partial charge < -0.3 is 9.64 Å². The van der Waals surface area contributed by atoms with E-state index in [4.69, 9.17) is 4.74 Å². The minimum Gasteiger partial charge on any atom is -0.466 e. The highest BCUT2D eigenvalue weighted by molar-refractivity contribution is 5.70. The van der Waals surface area contributed by atoms with E-state index in [0.717, 1.165) is 24.9 Å². The number of rotatable bonds is 5. The lowest BCUT2D eigenvalue weighted by Gasteiger charge is -2.27. The molecule has 1 aliphatic rings. The molecule has 3 nitrogen and oxygen atoms in total. The Morgan fingerprint density at radius 3 is 2.61 bits per heavy atom. The zero-order chi connectivity index (χ0) is 13.5. The number of carbonyl (C=O) groups excluding carboxylic acids is 1. The van der Waals surface area contributed by atoms with Gasteiger partial charge in [0.15, 0.2) is 0 Å². The van der Waals surface area contributed by atoms with Gasteiger partial charge in [-0.3, -0.25) is 4.79 Å². The second-order valence-corrected chi connectivity index (χ2v) is 5.83. The third-order valence-electron chi connectivity index (χ3n) is 4.14. The van der Waals surface area contributed by atoms with Crippen molar-refractivity contribution >= 4 is 5.97 Å². The van der Waals surface area contributed by atoms with Crippen molar-refractivity contribution in [3.05, 3.63) is 0 Å². The second-order valence-electron chi connectivity index (χ2n) is 5.83. The highest BCUT2D eigenvalue weighted by atomic mass is 16.5. The average molecular weight is 255 g/mol. The van der Waals surface area contributed by atoms with Crippen LogP contribution in [0.15, 0.2) is 0 Å². The molecule has 2 unspecified atom stereocenters. The number of hydrogen-bond acceptors (Lipinski definition) is 3. The average Bonchev–Trinajstić information content (AvgIpc) is 2.54. The molecule has 0 aromatic heterocycles. The van der Waals surface area contributed by atoms with E-state index < -0.39 is 0 Å². The van der Waals surface area contributed by atoms with Crippen LogP contribution < -0.4 is 0 Å². The summed E-state index contributed by atoms with van der Waals surface area (Å²) in [4.78, 5) is 14.0. The normalized spacial score (nSPS) is 23.7. The Labute approximate surface area is 112 Å². The predicted molar refractivity (Wildman–Crippen MR) is 74.5 cm³/mol. The van der Waals surface area contributed by atoms with Gasteiger partial charge in [0.25, 0.3) is 0 Å². The summed E-state index contributed by atoms with van der Waals surface area (Å²) in [7, 11) is 0. The maximum absolute atomic E-state index is 11.5. The monoisotopic (exact) mass is 255 g/mol. The molecule has 0 amide bonds. The summed E-state index contributed by atoms with van der Waals surface area (Å²) >= 11 is 0. The molecule has 0 radical (unpaired) electrons. The molecule has 2 atom stereocenters. The fourth-order valence-electron chi connectivity index (χ4n) is 2.84. The van der Waals surface area contributed by atoms with Gasteiger partial charge >= 0.3 is 5.97 Å². The predicted octanol–water partition coefficient (Wildman–Crippen LogP) is 3.09. The van der Waals surface area contributed by atoms with E-state index in [-0.39, 0.29) is 5.97 Å². The standard InChI is InChI=1S/C15H29NO2/c1-5-18-15(17)11-13(4)16-9-6-7-14(8-10-16)12(2)3/h12-14H,5-11H2,1-4H3. The van der Waals surface area contributed by atoms with E-state index in [1.165, 1.54) is 19.3 Å². The molecule has 3 heteroatoms. The van der Waals surface area contributed by atoms with Crippen LogP contribution in [-0.4, -0.2) is 36.6 Å². The second kappa shape index (κ2) is 7.78. The van der Waals surface area contributed by atoms with E-state index >= 15 is 0 Å². The van der Waals surface area contributed by atoms with Gasteiger partial charge in [-0.25, -0.2) is 0 Å². The zero-order valence-electron chi connectivity index (χ0n) is 12.4. The van der Waals surface area contributed by atoms with Crippen molar-refractivity contribution in [2.24, 2.45) is 11.8 Å². The molecular formula is C15H29NO2. The van der Waals surface area contributed by atoms with Crippen molar-refractivity contribution in [2.75, 3.05) is 19.7 Å². The summed E-state index contributed by atoms with van der Waals surface area (Å²) in [5.74, 6) is 1.57. The van der Waals surface area contributed by atoms with Crippen molar-refractivity contribution in [3.8, 4) is 0 Å². The number of nitrogens with zero attached hydrogens (tertiary/aromatic N) is 1. The summed E-state index contributed by atoms with van der Waals surface area (Å²) in [6, 6.07) is 0.315. The molecule has 1 fully saturated rings. The Hall–Kier alpha value is -0.570. The van der Waals surface area contributed by atoms with Gasteiger partial charge in [-0.1, -0.05) is 13.8 Å². The third-order valence-corrected chi connectivity index (χ3v) is 4.14. The Morgan fingerprint density at radius 1 is 1.28 bits per heavy atom. The van der Waals surface area contributed by atoms with Crippen LogP contribution in [0.4, 0.5) is 0 Å². The lowest BCUT2D eigenvalue weighted by molar-refractivity contribution is -0.144. The molecule has 1 saturated heterocycles. The molecule has 0 aliphatic carbocycles. The van der Waals surface area contributed by atoms with Gasteiger partial charge in [0.2, 0.25) is 0 Å². The minimum absolute atomic E-state index is 0.0605. The topological polar surface area (TPSA) is 29.5 Å². The molecule has 1 aliphatic heterocycles. The van der Waals surface area contributed by atoms with Crippen LogP contribution in [0.3, 0.4) is 0 Å². The summed E-state index contributed by atoms with van der Waals surface area (Å²) in [5.41, 5.74) is 0. The Kier molecular flexibility index (Phi) is 6.69. The molecule has 0 aromatic carbocycles. The first-order valence-electron chi connectivity index (χ1n) is 7.44. The highest BCUT2D eigenvalue weighted by Gasteiger charge is 2.23. The Balaban J connectivity index is 2.39. The van der Waals surface area contributed by atoms with Crippen LogP contribution in [0.2, 0.25) is 0 Å². The smallest absolute Gasteiger partial charge is 0.307 e. The Morgan fingerprint density at radius 2 is 2.00 bits per heavy atom. The van der Waals surface area contributed by atoms with Gasteiger partial charge in [0, 0.05) is 6.04 Å². The van der Waals surface area contributed by atoms with E-state index in [1.54, 1.807) is 0 Å². The first kappa shape index (κ1) is 15.5. The van der Waals surface area contributed by atoms with Crippen LogP contribution in [0, 0.1) is 11.8 Å². The summed E-state index contributed by atoms with van der Waals surface area (Å²) in [6.07, 6.45) is 4.39. The molecule has 0 spiro atoms. The highest BCUT2D eigenvalue weighted by Crippen LogP contribution is 2.25. The van der Waals surface area contributed by atoms with Gasteiger partial charge in [0.05, 0.1) is 13.0 Å². The maximum atomic E-state index is 11.5. The van der Waals surface area contributed by atoms with Crippen LogP contribution in [-0.2, 0) is 9.53 Å². The van der Waals surface area contributed by atoms with Gasteiger partial charge in [-0.2, -0.15) is 0 Å². The van der Waals surface area contributed by atoms with Crippen molar-refractivity contribution in [2.45, 2.75) is 59.4 Å². The van der Waals surface area contributed by atoms with Gasteiger partial charge in [0.1, 0.15) is 0 Å². The Bertz CT molecular complexity index is 253. The van der Waals surface area contributed by atoms with Crippen LogP contribution in [0.5, 0.6) is 0 Å². The molecule has 1 rings (SSSR count). The SMILES string of the molecule is CCOC(=O)CC(C)N1CCCC(C(C)C)CC1. The fraction of sp³-hybridized carbons (Fsp3) is 0.933. The van der Waals surface area contributed by atoms with Crippen molar-refractivity contribution in [1.29, 1.82) is 0 Å². The number of likely N-dealkylation sites (tertiary alicyclic amines) is 1. The van der Waals surface area contributed by atoms with Crippen LogP contribution >= 0.6 is 0 Å². The zero-order valence-corrected chi connectivity index (χ0v) is 12.4. The molecule has 0 N–H and O–H groups in total. The molecule has 18 heavy (non-hydrogen) atoms. The van der Waals surface area contributed by atoms with E-state index in [1.807, 2.05) is 6.92 Å². The van der Waals surface area contributed by atoms with Crippen molar-refractivity contribution in [3.63, 3.8) is 0 Å². The molecule has 106 valence electrons. The van der Waals surface area contributed by atoms with Gasteiger partial charge in [-0.15, -0.1) is 0 Å². The van der Waals surface area contributed by atoms with E-state index in [2.05, 4.69) is 25.7 Å². The molecule has 0 bridgehead atoms. The summed E-state index contributed by atoms with van der Waals surface area (Å²) in [6.45, 7) is 11.4. The fourth-order valence-corrected chi connectivity index (χ4v) is 2.84. The summed E-state index contributed by atoms with van der Waals surface area (Å²) < 4.78 is 5.03. The van der Waals surface area contributed by atoms with E-state index in [9.17, 15) is 4.79 Å². The lowest BCUT2D eigenvalue weighted by atomic mass is 9.89. The number of hydrogen-bond donors (Lipinski definition) is 0. The molecule has 0 aromatic rings. The molecule has 1 heterocycles. The molecular weight excluding hydrogens is 226 g/mol. The first-order valence-corrected chi connectivity index (χ1v) is 7.44. The number of esters is 1. The van der Waals surface area contributed by atoms with Crippen molar-refractivity contribution < 1.29 is 9.53 Å². The van der Waals surface area contributed by atoms with Gasteiger partial charge in [-0.05, 0) is 58.0 Å². The van der Waals surface area contributed by atoms with Crippen LogP contribution in [0.1, 0.15) is 53.4 Å². The third kappa shape index (κ3) is 4.97. The molecule has 0 saturated carbocycles. The minimum atomic E-state index is -0.0605.